The maximum absolute atomic E-state index is 10.5. The number of aromatic hydroxyl groups is 1. The fraction of sp³-hybridized carbons (Fsp3) is 0.250. The first kappa shape index (κ1) is 23.1. The van der Waals surface area contributed by atoms with Gasteiger partial charge in [0.25, 0.3) is 0 Å². The summed E-state index contributed by atoms with van der Waals surface area (Å²) in [6.45, 7) is 1.29. The maximum Gasteiger partial charge on any atom is 0.466 e. The quantitative estimate of drug-likeness (QED) is 0.223. The predicted molar refractivity (Wildman–Crippen MR) is 70.5 cm³/mol. The van der Waals surface area contributed by atoms with Crippen LogP contribution in [0.3, 0.4) is 0 Å². The number of aromatic nitrogens is 1. The lowest BCUT2D eigenvalue weighted by Crippen LogP contribution is -1.96. The highest BCUT2D eigenvalue weighted by Gasteiger charge is 2.09. The first-order valence-electron chi connectivity index (χ1n) is 5.00. The lowest BCUT2D eigenvalue weighted by atomic mass is 10.1. The summed E-state index contributed by atoms with van der Waals surface area (Å²) >= 11 is 0. The van der Waals surface area contributed by atoms with Crippen LogP contribution < -0.4 is 0 Å². The van der Waals surface area contributed by atoms with Crippen LogP contribution in [0.2, 0.25) is 0 Å². The fourth-order valence-electron chi connectivity index (χ4n) is 0.910. The van der Waals surface area contributed by atoms with Crippen LogP contribution >= 0.6 is 15.6 Å². The number of aldehydes is 1. The van der Waals surface area contributed by atoms with Crippen LogP contribution in [0.1, 0.15) is 21.6 Å². The third kappa shape index (κ3) is 15.2. The second-order valence-electron chi connectivity index (χ2n) is 3.43. The van der Waals surface area contributed by atoms with Crippen molar-refractivity contribution in [1.29, 1.82) is 0 Å². The van der Waals surface area contributed by atoms with E-state index < -0.39 is 15.6 Å². The zero-order valence-electron chi connectivity index (χ0n) is 11.0. The molecular formula is C8H15NO11P2. The summed E-state index contributed by atoms with van der Waals surface area (Å²) in [5.74, 6) is -0.156. The van der Waals surface area contributed by atoms with Crippen LogP contribution in [0, 0.1) is 6.92 Å². The molecule has 0 unspecified atom stereocenters. The Kier molecular flexibility index (Phi) is 10.2. The van der Waals surface area contributed by atoms with Crippen LogP contribution in [0.5, 0.6) is 5.75 Å². The Balaban J connectivity index is 0. The summed E-state index contributed by atoms with van der Waals surface area (Å²) in [7, 11) is -9.28. The number of aliphatic hydroxyl groups excluding tert-OH is 1. The Morgan fingerprint density at radius 2 is 1.45 bits per heavy atom. The summed E-state index contributed by atoms with van der Waals surface area (Å²) < 4.78 is 17.8. The van der Waals surface area contributed by atoms with Gasteiger partial charge < -0.3 is 39.6 Å². The lowest BCUT2D eigenvalue weighted by molar-refractivity contribution is 0.111. The summed E-state index contributed by atoms with van der Waals surface area (Å²) in [6, 6.07) is 0. The number of aryl methyl sites for hydroxylation is 1. The Labute approximate surface area is 123 Å². The van der Waals surface area contributed by atoms with Crippen molar-refractivity contribution in [3.8, 4) is 5.75 Å². The molecular weight excluding hydrogens is 348 g/mol. The Bertz CT molecular complexity index is 541. The van der Waals surface area contributed by atoms with Gasteiger partial charge in [0.05, 0.1) is 17.9 Å². The predicted octanol–water partition coefficient (Wildman–Crippen LogP) is -1.46. The van der Waals surface area contributed by atoms with E-state index in [1.165, 1.54) is 6.20 Å². The van der Waals surface area contributed by atoms with Crippen LogP contribution in [0.25, 0.3) is 0 Å². The molecule has 1 aromatic rings. The number of carbonyl (C=O) groups excluding carboxylic acids is 1. The highest BCUT2D eigenvalue weighted by molar-refractivity contribution is 7.45. The number of nitrogens with zero attached hydrogens (tertiary/aromatic N) is 1. The Morgan fingerprint density at radius 1 is 1.09 bits per heavy atom. The molecule has 0 aliphatic heterocycles. The molecule has 1 aromatic heterocycles. The molecule has 0 atom stereocenters. The Hall–Kier alpha value is -1.20. The second-order valence-corrected chi connectivity index (χ2v) is 5.49. The monoisotopic (exact) mass is 363 g/mol. The highest BCUT2D eigenvalue weighted by Crippen LogP contribution is 2.26. The fourth-order valence-corrected chi connectivity index (χ4v) is 0.910. The number of aliphatic hydroxyl groups is 1. The van der Waals surface area contributed by atoms with E-state index >= 15 is 0 Å². The summed E-state index contributed by atoms with van der Waals surface area (Å²) in [6.07, 6.45) is 1.88. The first-order chi connectivity index (χ1) is 9.70. The molecule has 0 bridgehead atoms. The van der Waals surface area contributed by atoms with Crippen LogP contribution in [-0.2, 0) is 15.7 Å². The van der Waals surface area contributed by atoms with E-state index in [1.54, 1.807) is 6.92 Å². The number of hydrogen-bond acceptors (Lipinski definition) is 6. The minimum atomic E-state index is -4.64. The molecule has 1 rings (SSSR count). The zero-order chi connectivity index (χ0) is 18.1. The van der Waals surface area contributed by atoms with Gasteiger partial charge in [-0.05, 0) is 6.92 Å². The van der Waals surface area contributed by atoms with Crippen LogP contribution in [0.15, 0.2) is 6.20 Å². The average molecular weight is 363 g/mol. The standard InChI is InChI=1S/C8H9NO3.2H3O4P/c1-5-8(12)7(4-11)6(3-10)2-9-5;2*1-5(2,3)4/h2,4,10,12H,3H2,1H3;2*(H3,1,2,3,4). The average Bonchev–Trinajstić information content (AvgIpc) is 2.28. The smallest absolute Gasteiger partial charge is 0.466 e. The number of pyridine rings is 1. The molecule has 12 nitrogen and oxygen atoms in total. The van der Waals surface area contributed by atoms with Crippen molar-refractivity contribution in [2.75, 3.05) is 0 Å². The van der Waals surface area contributed by atoms with E-state index in [1.807, 2.05) is 0 Å². The van der Waals surface area contributed by atoms with E-state index in [4.69, 9.17) is 43.6 Å². The summed E-state index contributed by atoms with van der Waals surface area (Å²) in [5.41, 5.74) is 0.840. The summed E-state index contributed by atoms with van der Waals surface area (Å²) in [4.78, 5) is 57.4. The third-order valence-corrected chi connectivity index (χ3v) is 1.65. The normalized spacial score (nSPS) is 10.7. The summed E-state index contributed by atoms with van der Waals surface area (Å²) in [5, 5.41) is 18.1. The number of rotatable bonds is 2. The van der Waals surface area contributed by atoms with E-state index in [0.717, 1.165) is 0 Å². The van der Waals surface area contributed by atoms with Gasteiger partial charge in [0.2, 0.25) is 0 Å². The molecule has 0 aliphatic rings. The van der Waals surface area contributed by atoms with Gasteiger partial charge in [0.1, 0.15) is 5.75 Å². The molecule has 0 fully saturated rings. The van der Waals surface area contributed by atoms with Gasteiger partial charge >= 0.3 is 15.6 Å². The molecule has 14 heteroatoms. The number of carbonyl (C=O) groups is 1. The van der Waals surface area contributed by atoms with Crippen molar-refractivity contribution in [3.05, 3.63) is 23.0 Å². The molecule has 128 valence electrons. The van der Waals surface area contributed by atoms with Crippen molar-refractivity contribution >= 4 is 21.9 Å². The molecule has 8 N–H and O–H groups in total. The van der Waals surface area contributed by atoms with Crippen molar-refractivity contribution in [1.82, 2.24) is 4.98 Å². The SMILES string of the molecule is Cc1ncc(CO)c(C=O)c1O.O=P(O)(O)O.O=P(O)(O)O. The van der Waals surface area contributed by atoms with E-state index in [9.17, 15) is 9.90 Å². The first-order valence-corrected chi connectivity index (χ1v) is 8.13. The van der Waals surface area contributed by atoms with Crippen molar-refractivity contribution in [3.63, 3.8) is 0 Å². The molecule has 1 heterocycles. The molecule has 0 aliphatic carbocycles. The van der Waals surface area contributed by atoms with E-state index in [2.05, 4.69) is 4.98 Å². The topological polar surface area (TPSA) is 226 Å². The number of phosphoric acid groups is 2. The third-order valence-electron chi connectivity index (χ3n) is 1.65. The molecule has 0 saturated heterocycles. The largest absolute Gasteiger partial charge is 0.505 e. The molecule has 0 amide bonds. The maximum atomic E-state index is 10.5. The van der Waals surface area contributed by atoms with Gasteiger partial charge in [-0.2, -0.15) is 0 Å². The van der Waals surface area contributed by atoms with Crippen molar-refractivity contribution in [2.45, 2.75) is 13.5 Å². The minimum absolute atomic E-state index is 0.116. The van der Waals surface area contributed by atoms with E-state index in [-0.39, 0.29) is 17.9 Å². The number of hydrogen-bond donors (Lipinski definition) is 8. The molecule has 0 spiro atoms. The van der Waals surface area contributed by atoms with Crippen LogP contribution in [0.4, 0.5) is 0 Å². The molecule has 0 radical (unpaired) electrons. The lowest BCUT2D eigenvalue weighted by Gasteiger charge is -2.04. The van der Waals surface area contributed by atoms with Crippen LogP contribution in [-0.4, -0.2) is 50.8 Å². The molecule has 0 aromatic carbocycles. The van der Waals surface area contributed by atoms with Crippen molar-refractivity contribution in [2.24, 2.45) is 0 Å². The van der Waals surface area contributed by atoms with E-state index in [0.29, 0.717) is 17.5 Å². The van der Waals surface area contributed by atoms with Crippen molar-refractivity contribution < 1.29 is 53.5 Å². The van der Waals surface area contributed by atoms with Gasteiger partial charge in [-0.1, -0.05) is 0 Å². The van der Waals surface area contributed by atoms with Gasteiger partial charge in [0.15, 0.2) is 6.29 Å². The Morgan fingerprint density at radius 3 is 1.73 bits per heavy atom. The van der Waals surface area contributed by atoms with Gasteiger partial charge in [-0.15, -0.1) is 0 Å². The zero-order valence-corrected chi connectivity index (χ0v) is 12.8. The highest BCUT2D eigenvalue weighted by atomic mass is 31.2. The van der Waals surface area contributed by atoms with Gasteiger partial charge in [-0.3, -0.25) is 9.78 Å². The minimum Gasteiger partial charge on any atom is -0.505 e. The second kappa shape index (κ2) is 9.74. The molecule has 0 saturated carbocycles. The van der Waals surface area contributed by atoms with Gasteiger partial charge in [0, 0.05) is 11.8 Å². The molecule has 22 heavy (non-hydrogen) atoms. The van der Waals surface area contributed by atoms with Gasteiger partial charge in [-0.25, -0.2) is 9.13 Å².